The summed E-state index contributed by atoms with van der Waals surface area (Å²) < 4.78 is 32.4. The fourth-order valence-electron chi connectivity index (χ4n) is 4.24. The lowest BCUT2D eigenvalue weighted by Crippen LogP contribution is -2.26. The van der Waals surface area contributed by atoms with Gasteiger partial charge in [0, 0.05) is 24.3 Å². The lowest BCUT2D eigenvalue weighted by Gasteiger charge is -2.24. The normalized spacial score (nSPS) is 15.1. The highest BCUT2D eigenvalue weighted by atomic mass is 32.1. The minimum absolute atomic E-state index is 0.0483. The zero-order chi connectivity index (χ0) is 27.6. The van der Waals surface area contributed by atoms with Crippen molar-refractivity contribution < 1.29 is 33.3 Å². The summed E-state index contributed by atoms with van der Waals surface area (Å²) in [5.74, 6) is -1.69. The molecular formula is C28H32FN3O6S. The molecule has 1 fully saturated rings. The summed E-state index contributed by atoms with van der Waals surface area (Å²) in [5.41, 5.74) is 1.18. The van der Waals surface area contributed by atoms with Crippen LogP contribution in [0.4, 0.5) is 9.52 Å². The Morgan fingerprint density at radius 1 is 1.21 bits per heavy atom. The fourth-order valence-corrected chi connectivity index (χ4v) is 4.78. The Morgan fingerprint density at radius 3 is 2.74 bits per heavy atom. The average Bonchev–Trinajstić information content (AvgIpc) is 3.42. The number of ether oxygens (including phenoxy) is 3. The smallest absolute Gasteiger partial charge is 0.338 e. The molecule has 1 saturated heterocycles. The number of benzene rings is 2. The molecule has 0 spiro atoms. The Hall–Kier alpha value is -3.54. The van der Waals surface area contributed by atoms with Gasteiger partial charge in [-0.3, -0.25) is 4.79 Å². The number of hydrogen-bond acceptors (Lipinski definition) is 8. The number of nitrogens with one attached hydrogen (secondary N) is 2. The van der Waals surface area contributed by atoms with Crippen LogP contribution in [-0.4, -0.2) is 54.4 Å². The zero-order valence-corrected chi connectivity index (χ0v) is 22.5. The molecule has 3 aromatic rings. The number of carbonyl (C=O) groups is 2. The third-order valence-corrected chi connectivity index (χ3v) is 6.90. The fraction of sp³-hybridized carbons (Fsp3) is 0.393. The number of nitrogens with zero attached hydrogens (tertiary/aromatic N) is 1. The summed E-state index contributed by atoms with van der Waals surface area (Å²) >= 11 is 1.33. The number of aromatic carboxylic acids is 1. The maximum atomic E-state index is 14.4. The van der Waals surface area contributed by atoms with Crippen molar-refractivity contribution in [2.24, 2.45) is 0 Å². The molecule has 11 heteroatoms. The molecule has 4 rings (SSSR count). The van der Waals surface area contributed by atoms with Gasteiger partial charge < -0.3 is 30.0 Å². The van der Waals surface area contributed by atoms with Gasteiger partial charge in [0.15, 0.2) is 16.6 Å². The van der Waals surface area contributed by atoms with E-state index in [-0.39, 0.29) is 29.9 Å². The Balaban J connectivity index is 1.64. The van der Waals surface area contributed by atoms with Gasteiger partial charge in [0.25, 0.3) is 0 Å². The number of halogens is 1. The van der Waals surface area contributed by atoms with Crippen LogP contribution in [0.25, 0.3) is 0 Å². The first-order valence-electron chi connectivity index (χ1n) is 12.9. The number of carboxylic acid groups (broad SMARTS) is 1. The van der Waals surface area contributed by atoms with Gasteiger partial charge in [-0.15, -0.1) is 11.3 Å². The van der Waals surface area contributed by atoms with Gasteiger partial charge in [0.2, 0.25) is 5.91 Å². The van der Waals surface area contributed by atoms with Crippen molar-refractivity contribution in [2.75, 3.05) is 31.6 Å². The standard InChI is InChI=1S/C28H32FN3O6S/c1-2-30-9-8-18-13-24(37-17-21-5-3-4-11-36-21)25(38-20-6-7-22(27(34)35)23(29)16-20)14-19(18)15-26(33)32-28-31-10-12-39-28/h6-7,10,12-14,16,21,30H,2-5,8-9,11,15,17H2,1H3,(H,34,35)(H,31,32,33). The molecule has 1 aliphatic rings. The number of carboxylic acids is 1. The van der Waals surface area contributed by atoms with E-state index < -0.39 is 17.3 Å². The van der Waals surface area contributed by atoms with E-state index in [1.165, 1.54) is 17.4 Å². The molecule has 3 N–H and O–H groups in total. The summed E-state index contributed by atoms with van der Waals surface area (Å²) in [6, 6.07) is 7.13. The van der Waals surface area contributed by atoms with E-state index in [2.05, 4.69) is 15.6 Å². The van der Waals surface area contributed by atoms with Crippen LogP contribution >= 0.6 is 11.3 Å². The van der Waals surface area contributed by atoms with E-state index in [1.807, 2.05) is 13.0 Å². The maximum absolute atomic E-state index is 14.4. The van der Waals surface area contributed by atoms with Gasteiger partial charge in [-0.2, -0.15) is 0 Å². The predicted octanol–water partition coefficient (Wildman–Crippen LogP) is 5.05. The van der Waals surface area contributed by atoms with Crippen molar-refractivity contribution in [3.63, 3.8) is 0 Å². The quantitative estimate of drug-likeness (QED) is 0.250. The van der Waals surface area contributed by atoms with E-state index in [0.29, 0.717) is 37.1 Å². The van der Waals surface area contributed by atoms with Crippen molar-refractivity contribution in [3.8, 4) is 17.2 Å². The van der Waals surface area contributed by atoms with Crippen LogP contribution in [0.3, 0.4) is 0 Å². The molecule has 1 unspecified atom stereocenters. The van der Waals surface area contributed by atoms with Crippen LogP contribution in [0, 0.1) is 5.82 Å². The Labute approximate surface area is 230 Å². The van der Waals surface area contributed by atoms with Crippen molar-refractivity contribution in [1.29, 1.82) is 0 Å². The van der Waals surface area contributed by atoms with Crippen molar-refractivity contribution in [1.82, 2.24) is 10.3 Å². The largest absolute Gasteiger partial charge is 0.487 e. The van der Waals surface area contributed by atoms with Gasteiger partial charge in [0.1, 0.15) is 18.2 Å². The Morgan fingerprint density at radius 2 is 2.05 bits per heavy atom. The summed E-state index contributed by atoms with van der Waals surface area (Å²) in [5, 5.41) is 17.5. The first-order chi connectivity index (χ1) is 18.9. The molecule has 1 aromatic heterocycles. The SMILES string of the molecule is CCNCCc1cc(OCC2CCCCO2)c(Oc2ccc(C(=O)O)c(F)c2)cc1CC(=O)Nc1nccs1. The lowest BCUT2D eigenvalue weighted by molar-refractivity contribution is -0.115. The molecule has 0 radical (unpaired) electrons. The van der Waals surface area contributed by atoms with Crippen molar-refractivity contribution in [2.45, 2.75) is 45.1 Å². The van der Waals surface area contributed by atoms with Gasteiger partial charge in [-0.1, -0.05) is 6.92 Å². The molecule has 1 atom stereocenters. The van der Waals surface area contributed by atoms with E-state index in [1.54, 1.807) is 17.6 Å². The average molecular weight is 558 g/mol. The van der Waals surface area contributed by atoms with Crippen LogP contribution in [0.15, 0.2) is 41.9 Å². The molecular weight excluding hydrogens is 525 g/mol. The zero-order valence-electron chi connectivity index (χ0n) is 21.7. The van der Waals surface area contributed by atoms with Gasteiger partial charge in [-0.25, -0.2) is 14.2 Å². The lowest BCUT2D eigenvalue weighted by atomic mass is 10.00. The molecule has 0 bridgehead atoms. The van der Waals surface area contributed by atoms with Crippen LogP contribution in [0.5, 0.6) is 17.2 Å². The number of aromatic nitrogens is 1. The number of amides is 1. The predicted molar refractivity (Wildman–Crippen MR) is 146 cm³/mol. The summed E-state index contributed by atoms with van der Waals surface area (Å²) in [6.45, 7) is 4.53. The molecule has 208 valence electrons. The number of carbonyl (C=O) groups excluding carboxylic acids is 1. The van der Waals surface area contributed by atoms with Crippen molar-refractivity contribution >= 4 is 28.3 Å². The first kappa shape index (κ1) is 28.5. The number of likely N-dealkylation sites (N-methyl/N-ethyl adjacent to an activating group) is 1. The van der Waals surface area contributed by atoms with Crippen LogP contribution in [-0.2, 0) is 22.4 Å². The van der Waals surface area contributed by atoms with Crippen molar-refractivity contribution in [3.05, 3.63) is 64.4 Å². The highest BCUT2D eigenvalue weighted by Gasteiger charge is 2.20. The molecule has 2 heterocycles. The second-order valence-electron chi connectivity index (χ2n) is 9.08. The second-order valence-corrected chi connectivity index (χ2v) is 9.98. The molecule has 1 aliphatic heterocycles. The highest BCUT2D eigenvalue weighted by molar-refractivity contribution is 7.13. The van der Waals surface area contributed by atoms with E-state index in [9.17, 15) is 14.0 Å². The Kier molecular flexibility index (Phi) is 10.2. The Bertz CT molecular complexity index is 1260. The maximum Gasteiger partial charge on any atom is 0.338 e. The molecule has 0 saturated carbocycles. The summed E-state index contributed by atoms with van der Waals surface area (Å²) in [6.07, 6.45) is 5.25. The summed E-state index contributed by atoms with van der Waals surface area (Å²) in [4.78, 5) is 28.2. The van der Waals surface area contributed by atoms with Crippen LogP contribution in [0.1, 0.15) is 47.7 Å². The monoisotopic (exact) mass is 557 g/mol. The molecule has 9 nitrogen and oxygen atoms in total. The molecule has 1 amide bonds. The van der Waals surface area contributed by atoms with Crippen LogP contribution < -0.4 is 20.1 Å². The molecule has 2 aromatic carbocycles. The van der Waals surface area contributed by atoms with Gasteiger partial charge in [-0.05, 0) is 74.2 Å². The van der Waals surface area contributed by atoms with Crippen LogP contribution in [0.2, 0.25) is 0 Å². The highest BCUT2D eigenvalue weighted by Crippen LogP contribution is 2.36. The minimum Gasteiger partial charge on any atom is -0.487 e. The minimum atomic E-state index is -1.37. The third kappa shape index (κ3) is 8.22. The topological polar surface area (TPSA) is 119 Å². The van der Waals surface area contributed by atoms with E-state index in [4.69, 9.17) is 19.3 Å². The second kappa shape index (κ2) is 14.0. The van der Waals surface area contributed by atoms with Gasteiger partial charge >= 0.3 is 5.97 Å². The first-order valence-corrected chi connectivity index (χ1v) is 13.8. The number of anilines is 1. The van der Waals surface area contributed by atoms with E-state index in [0.717, 1.165) is 49.1 Å². The number of hydrogen-bond donors (Lipinski definition) is 3. The molecule has 39 heavy (non-hydrogen) atoms. The molecule has 0 aliphatic carbocycles. The number of thiazole rings is 1. The van der Waals surface area contributed by atoms with Gasteiger partial charge in [0.05, 0.1) is 18.1 Å². The van der Waals surface area contributed by atoms with E-state index >= 15 is 0 Å². The summed E-state index contributed by atoms with van der Waals surface area (Å²) in [7, 11) is 0. The number of rotatable bonds is 13. The third-order valence-electron chi connectivity index (χ3n) is 6.21.